The number of benzene rings is 2. The molecule has 0 aliphatic carbocycles. The molecule has 3 nitrogen and oxygen atoms in total. The first-order chi connectivity index (χ1) is 9.97. The molecular weight excluding hydrogens is 328 g/mol. The summed E-state index contributed by atoms with van der Waals surface area (Å²) in [5, 5.41) is 6.16. The van der Waals surface area contributed by atoms with Crippen molar-refractivity contribution in [3.05, 3.63) is 58.1 Å². The highest BCUT2D eigenvalue weighted by molar-refractivity contribution is 9.10. The summed E-state index contributed by atoms with van der Waals surface area (Å²) in [5.74, 6) is -0.0620. The van der Waals surface area contributed by atoms with Gasteiger partial charge < -0.3 is 10.6 Å². The summed E-state index contributed by atoms with van der Waals surface area (Å²) < 4.78 is 0.972. The Morgan fingerprint density at radius 2 is 1.81 bits per heavy atom. The van der Waals surface area contributed by atoms with Gasteiger partial charge >= 0.3 is 0 Å². The van der Waals surface area contributed by atoms with Gasteiger partial charge in [0.1, 0.15) is 6.04 Å². The summed E-state index contributed by atoms with van der Waals surface area (Å²) in [6, 6.07) is 13.3. The van der Waals surface area contributed by atoms with Crippen LogP contribution in [0.15, 0.2) is 46.9 Å². The van der Waals surface area contributed by atoms with Crippen molar-refractivity contribution in [2.75, 3.05) is 10.6 Å². The fourth-order valence-corrected chi connectivity index (χ4v) is 2.94. The Labute approximate surface area is 133 Å². The molecule has 0 fully saturated rings. The van der Waals surface area contributed by atoms with Crippen molar-refractivity contribution in [2.45, 2.75) is 26.8 Å². The Morgan fingerprint density at radius 1 is 1.14 bits per heavy atom. The van der Waals surface area contributed by atoms with E-state index in [9.17, 15) is 4.79 Å². The second-order valence-electron chi connectivity index (χ2n) is 5.16. The number of halogens is 1. The van der Waals surface area contributed by atoms with Crippen LogP contribution in [0.1, 0.15) is 18.1 Å². The van der Waals surface area contributed by atoms with E-state index in [0.29, 0.717) is 0 Å². The molecule has 0 radical (unpaired) electrons. The Balaban J connectivity index is 2.08. The van der Waals surface area contributed by atoms with E-state index in [0.717, 1.165) is 21.4 Å². The van der Waals surface area contributed by atoms with Crippen LogP contribution in [0.2, 0.25) is 0 Å². The number of nitrogens with one attached hydrogen (secondary N) is 2. The van der Waals surface area contributed by atoms with Crippen molar-refractivity contribution < 1.29 is 4.79 Å². The van der Waals surface area contributed by atoms with Crippen molar-refractivity contribution >= 4 is 33.2 Å². The van der Waals surface area contributed by atoms with Crippen LogP contribution < -0.4 is 10.6 Å². The van der Waals surface area contributed by atoms with Gasteiger partial charge in [-0.25, -0.2) is 0 Å². The lowest BCUT2D eigenvalue weighted by atomic mass is 10.1. The third-order valence-electron chi connectivity index (χ3n) is 3.23. The predicted octanol–water partition coefficient (Wildman–Crippen LogP) is 4.51. The molecule has 0 aliphatic rings. The van der Waals surface area contributed by atoms with Gasteiger partial charge in [0.15, 0.2) is 0 Å². The number of anilines is 2. The molecule has 0 saturated carbocycles. The monoisotopic (exact) mass is 346 g/mol. The zero-order valence-electron chi connectivity index (χ0n) is 12.4. The summed E-state index contributed by atoms with van der Waals surface area (Å²) in [4.78, 5) is 12.2. The Hall–Kier alpha value is -1.81. The van der Waals surface area contributed by atoms with Crippen LogP contribution in [0.4, 0.5) is 11.4 Å². The van der Waals surface area contributed by atoms with Gasteiger partial charge in [-0.15, -0.1) is 0 Å². The van der Waals surface area contributed by atoms with Gasteiger partial charge in [0.2, 0.25) is 5.91 Å². The van der Waals surface area contributed by atoms with E-state index >= 15 is 0 Å². The van der Waals surface area contributed by atoms with E-state index in [1.165, 1.54) is 5.56 Å². The molecule has 1 atom stereocenters. The van der Waals surface area contributed by atoms with Crippen molar-refractivity contribution in [3.8, 4) is 0 Å². The van der Waals surface area contributed by atoms with Gasteiger partial charge in [-0.2, -0.15) is 0 Å². The van der Waals surface area contributed by atoms with Crippen LogP contribution in [-0.4, -0.2) is 11.9 Å². The normalized spacial score (nSPS) is 11.8. The fraction of sp³-hybridized carbons (Fsp3) is 0.235. The van der Waals surface area contributed by atoms with Gasteiger partial charge in [-0.05, 0) is 66.0 Å². The molecule has 1 unspecified atom stereocenters. The summed E-state index contributed by atoms with van der Waals surface area (Å²) in [6.07, 6.45) is 0. The Morgan fingerprint density at radius 3 is 2.43 bits per heavy atom. The number of carbonyl (C=O) groups excluding carboxylic acids is 1. The van der Waals surface area contributed by atoms with Crippen LogP contribution in [0, 0.1) is 13.8 Å². The van der Waals surface area contributed by atoms with Crippen LogP contribution in [-0.2, 0) is 4.79 Å². The van der Waals surface area contributed by atoms with Crippen LogP contribution >= 0.6 is 15.9 Å². The smallest absolute Gasteiger partial charge is 0.246 e. The van der Waals surface area contributed by atoms with Gasteiger partial charge in [-0.1, -0.05) is 24.3 Å². The third kappa shape index (κ3) is 4.08. The lowest BCUT2D eigenvalue weighted by Gasteiger charge is -2.18. The van der Waals surface area contributed by atoms with E-state index in [2.05, 4.69) is 32.6 Å². The first-order valence-electron chi connectivity index (χ1n) is 6.86. The van der Waals surface area contributed by atoms with Crippen LogP contribution in [0.5, 0.6) is 0 Å². The number of hydrogen-bond donors (Lipinski definition) is 2. The molecule has 2 aromatic rings. The van der Waals surface area contributed by atoms with E-state index in [1.54, 1.807) is 0 Å². The van der Waals surface area contributed by atoms with Gasteiger partial charge in [0.05, 0.1) is 5.69 Å². The van der Waals surface area contributed by atoms with Crippen molar-refractivity contribution in [3.63, 3.8) is 0 Å². The average Bonchev–Trinajstić information content (AvgIpc) is 2.43. The lowest BCUT2D eigenvalue weighted by molar-refractivity contribution is -0.116. The number of hydrogen-bond acceptors (Lipinski definition) is 2. The minimum atomic E-state index is -0.331. The highest BCUT2D eigenvalue weighted by atomic mass is 79.9. The van der Waals surface area contributed by atoms with E-state index in [1.807, 2.05) is 57.2 Å². The molecule has 0 saturated heterocycles. The van der Waals surface area contributed by atoms with E-state index in [4.69, 9.17) is 0 Å². The highest BCUT2D eigenvalue weighted by Gasteiger charge is 2.15. The third-order valence-corrected chi connectivity index (χ3v) is 3.85. The van der Waals surface area contributed by atoms with Crippen LogP contribution in [0.25, 0.3) is 0 Å². The Kier molecular flexibility index (Phi) is 5.02. The van der Waals surface area contributed by atoms with Crippen molar-refractivity contribution in [2.24, 2.45) is 0 Å². The maximum atomic E-state index is 12.2. The molecule has 0 aromatic heterocycles. The summed E-state index contributed by atoms with van der Waals surface area (Å²) in [5.41, 5.74) is 4.06. The molecule has 110 valence electrons. The van der Waals surface area contributed by atoms with Crippen LogP contribution in [0.3, 0.4) is 0 Å². The van der Waals surface area contributed by atoms with E-state index < -0.39 is 0 Å². The summed E-state index contributed by atoms with van der Waals surface area (Å²) in [7, 11) is 0. The first kappa shape index (κ1) is 15.6. The summed E-state index contributed by atoms with van der Waals surface area (Å²) in [6.45, 7) is 5.93. The fourth-order valence-electron chi connectivity index (χ4n) is 2.15. The quantitative estimate of drug-likeness (QED) is 0.855. The minimum Gasteiger partial charge on any atom is -0.373 e. The molecule has 2 aromatic carbocycles. The largest absolute Gasteiger partial charge is 0.373 e. The lowest BCUT2D eigenvalue weighted by Crippen LogP contribution is -2.32. The van der Waals surface area contributed by atoms with Crippen molar-refractivity contribution in [1.29, 1.82) is 0 Å². The maximum Gasteiger partial charge on any atom is 0.246 e. The molecule has 21 heavy (non-hydrogen) atoms. The molecule has 4 heteroatoms. The number of amides is 1. The maximum absolute atomic E-state index is 12.2. The molecule has 0 spiro atoms. The average molecular weight is 347 g/mol. The number of para-hydroxylation sites is 1. The first-order valence-corrected chi connectivity index (χ1v) is 7.66. The highest BCUT2D eigenvalue weighted by Crippen LogP contribution is 2.28. The molecule has 0 heterocycles. The molecular formula is C17H19BrN2O. The van der Waals surface area contributed by atoms with Gasteiger partial charge in [-0.3, -0.25) is 4.79 Å². The van der Waals surface area contributed by atoms with Gasteiger partial charge in [0, 0.05) is 10.2 Å². The van der Waals surface area contributed by atoms with Crippen molar-refractivity contribution in [1.82, 2.24) is 0 Å². The Bertz CT molecular complexity index is 617. The summed E-state index contributed by atoms with van der Waals surface area (Å²) >= 11 is 3.55. The predicted molar refractivity (Wildman–Crippen MR) is 91.8 cm³/mol. The molecule has 2 N–H and O–H groups in total. The molecule has 0 bridgehead atoms. The van der Waals surface area contributed by atoms with Gasteiger partial charge in [0.25, 0.3) is 0 Å². The molecule has 1 amide bonds. The second kappa shape index (κ2) is 6.76. The minimum absolute atomic E-state index is 0.0620. The molecule has 0 aliphatic heterocycles. The zero-order valence-corrected chi connectivity index (χ0v) is 14.0. The SMILES string of the molecule is Cc1cc(C)c(NC(C)C(=O)Nc2ccccc2)c(Br)c1. The number of carbonyl (C=O) groups is 1. The second-order valence-corrected chi connectivity index (χ2v) is 6.01. The van der Waals surface area contributed by atoms with E-state index in [-0.39, 0.29) is 11.9 Å². The zero-order chi connectivity index (χ0) is 15.4. The number of rotatable bonds is 4. The standard InChI is InChI=1S/C17H19BrN2O/c1-11-9-12(2)16(15(18)10-11)19-13(3)17(21)20-14-7-5-4-6-8-14/h4-10,13,19H,1-3H3,(H,20,21). The topological polar surface area (TPSA) is 41.1 Å². The number of aryl methyl sites for hydroxylation is 2. The molecule has 2 rings (SSSR count).